The molecule has 5 N–H and O–H groups in total. The molecule has 19 heteroatoms. The molecule has 41 heavy (non-hydrogen) atoms. The molecule has 0 bridgehead atoms. The van der Waals surface area contributed by atoms with E-state index in [1.807, 2.05) is 0 Å². The molecular weight excluding hydrogens is 602 g/mol. The minimum absolute atomic E-state index is 0.330. The van der Waals surface area contributed by atoms with Crippen LogP contribution in [0.5, 0.6) is 0 Å². The molecule has 6 atom stereocenters. The lowest BCUT2D eigenvalue weighted by Crippen LogP contribution is -2.53. The van der Waals surface area contributed by atoms with Gasteiger partial charge in [0.05, 0.1) is 23.8 Å². The summed E-state index contributed by atoms with van der Waals surface area (Å²) in [6, 6.07) is -2.74. The number of rotatable bonds is 13. The van der Waals surface area contributed by atoms with Gasteiger partial charge in [-0.05, 0) is 41.5 Å². The van der Waals surface area contributed by atoms with Crippen molar-refractivity contribution in [3.8, 4) is 0 Å². The average molecular weight is 636 g/mol. The number of nitrogens with one attached hydrogen (secondary N) is 2. The highest BCUT2D eigenvalue weighted by atomic mass is 35.5. The number of aliphatic hydroxyl groups is 1. The van der Waals surface area contributed by atoms with Crippen LogP contribution in [0.25, 0.3) is 0 Å². The minimum Gasteiger partial charge on any atom is -0.462 e. The van der Waals surface area contributed by atoms with E-state index < -0.39 is 92.5 Å². The normalized spacial score (nSPS) is 24.6. The molecule has 234 valence electrons. The summed E-state index contributed by atoms with van der Waals surface area (Å²) in [5, 5.41) is 14.8. The number of aromatic nitrogens is 2. The molecule has 0 aromatic carbocycles. The quantitative estimate of drug-likeness (QED) is 0.181. The third kappa shape index (κ3) is 8.40. The van der Waals surface area contributed by atoms with Crippen molar-refractivity contribution in [2.75, 3.05) is 12.3 Å². The van der Waals surface area contributed by atoms with E-state index in [2.05, 4.69) is 15.2 Å². The number of nitrogen functional groups attached to an aromatic ring is 1. The van der Waals surface area contributed by atoms with Gasteiger partial charge in [-0.15, -0.1) is 0 Å². The summed E-state index contributed by atoms with van der Waals surface area (Å²) in [5.74, 6) is -2.22. The number of esters is 2. The van der Waals surface area contributed by atoms with E-state index in [1.54, 1.807) is 27.7 Å². The van der Waals surface area contributed by atoms with Gasteiger partial charge in [-0.3, -0.25) is 18.7 Å². The summed E-state index contributed by atoms with van der Waals surface area (Å²) in [6.07, 6.45) is -11.5. The molecular formula is C22H34ClF3N5O9P. The molecule has 1 fully saturated rings. The number of halogens is 4. The summed E-state index contributed by atoms with van der Waals surface area (Å²) in [6.45, 7) is 7.19. The van der Waals surface area contributed by atoms with Crippen molar-refractivity contribution in [3.63, 3.8) is 0 Å². The molecule has 1 aliphatic heterocycles. The molecule has 0 aliphatic carbocycles. The van der Waals surface area contributed by atoms with Gasteiger partial charge in [0.25, 0.3) is 6.43 Å². The van der Waals surface area contributed by atoms with Gasteiger partial charge >= 0.3 is 25.3 Å². The second-order valence-corrected chi connectivity index (χ2v) is 12.1. The van der Waals surface area contributed by atoms with E-state index in [-0.39, 0.29) is 5.02 Å². The lowest BCUT2D eigenvalue weighted by Gasteiger charge is -2.33. The lowest BCUT2D eigenvalue weighted by atomic mass is 9.97. The van der Waals surface area contributed by atoms with Crippen LogP contribution in [0.15, 0.2) is 11.0 Å². The number of aliphatic hydroxyl groups excluding tert-OH is 1. The van der Waals surface area contributed by atoms with Crippen molar-refractivity contribution < 1.29 is 51.2 Å². The summed E-state index contributed by atoms with van der Waals surface area (Å²) < 4.78 is 78.7. The van der Waals surface area contributed by atoms with E-state index in [9.17, 15) is 32.8 Å². The molecule has 0 amide bonds. The topological polar surface area (TPSA) is 193 Å². The highest BCUT2D eigenvalue weighted by Crippen LogP contribution is 2.47. The van der Waals surface area contributed by atoms with Crippen molar-refractivity contribution in [2.24, 2.45) is 0 Å². The van der Waals surface area contributed by atoms with E-state index >= 15 is 4.39 Å². The maximum Gasteiger partial charge on any atom is 0.351 e. The summed E-state index contributed by atoms with van der Waals surface area (Å²) >= 11 is 5.82. The number of carbonyl (C=O) groups is 2. The molecule has 0 unspecified atom stereocenters. The zero-order chi connectivity index (χ0) is 31.4. The molecule has 2 heterocycles. The molecule has 0 spiro atoms. The zero-order valence-corrected chi connectivity index (χ0v) is 24.7. The van der Waals surface area contributed by atoms with Gasteiger partial charge in [-0.2, -0.15) is 4.98 Å². The van der Waals surface area contributed by atoms with Gasteiger partial charge in [0.2, 0.25) is 0 Å². The molecule has 2 rings (SSSR count). The highest BCUT2D eigenvalue weighted by Gasteiger charge is 2.62. The van der Waals surface area contributed by atoms with Gasteiger partial charge < -0.3 is 29.6 Å². The first-order valence-corrected chi connectivity index (χ1v) is 14.4. The van der Waals surface area contributed by atoms with Crippen LogP contribution >= 0.6 is 19.3 Å². The predicted octanol–water partition coefficient (Wildman–Crippen LogP) is 1.69. The van der Waals surface area contributed by atoms with Crippen molar-refractivity contribution in [1.29, 1.82) is 0 Å². The number of anilines is 1. The molecule has 14 nitrogen and oxygen atoms in total. The van der Waals surface area contributed by atoms with Crippen LogP contribution in [-0.2, 0) is 32.9 Å². The van der Waals surface area contributed by atoms with Crippen LogP contribution in [0.2, 0.25) is 5.02 Å². The number of ether oxygens (including phenoxy) is 3. The van der Waals surface area contributed by atoms with Crippen LogP contribution < -0.4 is 21.6 Å². The molecule has 1 aliphatic rings. The standard InChI is InChI=1S/C22H34ClF3N5O9P/c1-9(2)38-18(33)11(5)29-41(36,30-12(6)19(34)39-10(3)4)37-8-22(20(25)26)15(32)14(24)17(40-22)31-7-13(23)16(27)28-21(31)35/h7,9-12,14-15,17,20,32H,8H2,1-6H3,(H2,27,28,35)(H2,29,30,36)/t11-,12-,14+,15-,17+,22+/m0/s1. The Hall–Kier alpha value is -2.27. The third-order valence-corrected chi connectivity index (χ3v) is 7.84. The molecule has 1 aromatic heterocycles. The Morgan fingerprint density at radius 2 is 1.66 bits per heavy atom. The number of nitrogens with two attached hydrogens (primary N) is 1. The maximum atomic E-state index is 15.2. The number of carbonyl (C=O) groups excluding carboxylic acids is 2. The van der Waals surface area contributed by atoms with Gasteiger partial charge in [-0.1, -0.05) is 11.6 Å². The Kier molecular flexibility index (Phi) is 11.8. The smallest absolute Gasteiger partial charge is 0.351 e. The minimum atomic E-state index is -4.69. The Balaban J connectivity index is 2.41. The summed E-state index contributed by atoms with van der Waals surface area (Å²) in [4.78, 5) is 40.3. The number of hydrogen-bond acceptors (Lipinski definition) is 11. The first-order valence-electron chi connectivity index (χ1n) is 12.4. The van der Waals surface area contributed by atoms with Crippen LogP contribution in [0, 0.1) is 0 Å². The summed E-state index contributed by atoms with van der Waals surface area (Å²) in [7, 11) is -4.69. The van der Waals surface area contributed by atoms with Gasteiger partial charge in [0.15, 0.2) is 18.0 Å². The maximum absolute atomic E-state index is 15.2. The number of nitrogens with zero attached hydrogens (tertiary/aromatic N) is 2. The fourth-order valence-corrected chi connectivity index (χ4v) is 5.57. The first kappa shape index (κ1) is 34.9. The average Bonchev–Trinajstić information content (AvgIpc) is 3.10. The molecule has 0 radical (unpaired) electrons. The molecule has 1 aromatic rings. The molecule has 1 saturated heterocycles. The van der Waals surface area contributed by atoms with Crippen LogP contribution in [-0.4, -0.2) is 81.8 Å². The van der Waals surface area contributed by atoms with E-state index in [0.29, 0.717) is 4.57 Å². The van der Waals surface area contributed by atoms with Gasteiger partial charge in [-0.25, -0.2) is 28.1 Å². The van der Waals surface area contributed by atoms with Crippen LogP contribution in [0.4, 0.5) is 19.0 Å². The SMILES string of the molecule is CC(C)OC(=O)[C@H](C)NP(=O)(N[C@@H](C)C(=O)OC(C)C)OC[C@@]1(C(F)F)O[C@@H](n2cc(Cl)c(N)nc2=O)[C@H](F)[C@@H]1O. The van der Waals surface area contributed by atoms with E-state index in [0.717, 1.165) is 6.20 Å². The van der Waals surface area contributed by atoms with E-state index in [1.165, 1.54) is 13.8 Å². The first-order chi connectivity index (χ1) is 18.8. The van der Waals surface area contributed by atoms with Crippen molar-refractivity contribution >= 4 is 37.0 Å². The highest BCUT2D eigenvalue weighted by molar-refractivity contribution is 7.54. The monoisotopic (exact) mass is 635 g/mol. The Labute approximate surface area is 238 Å². The number of alkyl halides is 3. The Bertz CT molecular complexity index is 1180. The fraction of sp³-hybridized carbons (Fsp3) is 0.727. The van der Waals surface area contributed by atoms with Gasteiger partial charge in [0.1, 0.15) is 24.0 Å². The fourth-order valence-electron chi connectivity index (χ4n) is 3.59. The Morgan fingerprint density at radius 1 is 1.17 bits per heavy atom. The lowest BCUT2D eigenvalue weighted by molar-refractivity contribution is -0.192. The van der Waals surface area contributed by atoms with Crippen molar-refractivity contribution in [3.05, 3.63) is 21.7 Å². The van der Waals surface area contributed by atoms with Crippen LogP contribution in [0.3, 0.4) is 0 Å². The summed E-state index contributed by atoms with van der Waals surface area (Å²) in [5.41, 5.74) is 1.02. The predicted molar refractivity (Wildman–Crippen MR) is 139 cm³/mol. The third-order valence-electron chi connectivity index (χ3n) is 5.60. The molecule has 0 saturated carbocycles. The second-order valence-electron chi connectivity index (χ2n) is 9.82. The van der Waals surface area contributed by atoms with E-state index in [4.69, 9.17) is 36.1 Å². The Morgan fingerprint density at radius 3 is 2.10 bits per heavy atom. The largest absolute Gasteiger partial charge is 0.462 e. The zero-order valence-electron chi connectivity index (χ0n) is 23.0. The van der Waals surface area contributed by atoms with Crippen LogP contribution in [0.1, 0.15) is 47.8 Å². The van der Waals surface area contributed by atoms with Crippen molar-refractivity contribution in [1.82, 2.24) is 19.7 Å². The van der Waals surface area contributed by atoms with Crippen molar-refractivity contribution in [2.45, 2.75) is 96.4 Å². The second kappa shape index (κ2) is 13.8. The number of hydrogen-bond donors (Lipinski definition) is 4. The van der Waals surface area contributed by atoms with Gasteiger partial charge in [0, 0.05) is 6.20 Å².